The number of rotatable bonds is 6. The molecule has 0 N–H and O–H groups in total. The quantitative estimate of drug-likeness (QED) is 0.171. The highest BCUT2D eigenvalue weighted by Crippen LogP contribution is 2.45. The number of para-hydroxylation sites is 1. The second-order valence-corrected chi connectivity index (χ2v) is 15.0. The van der Waals surface area contributed by atoms with Crippen molar-refractivity contribution in [1.29, 1.82) is 0 Å². The maximum atomic E-state index is 6.71. The molecule has 0 atom stereocenters. The maximum absolute atomic E-state index is 6.71. The Kier molecular flexibility index (Phi) is 7.64. The van der Waals surface area contributed by atoms with Crippen LogP contribution in [-0.2, 0) is 0 Å². The Morgan fingerprint density at radius 2 is 0.821 bits per heavy atom. The summed E-state index contributed by atoms with van der Waals surface area (Å²) in [7, 11) is 0. The second kappa shape index (κ2) is 13.3. The zero-order valence-corrected chi connectivity index (χ0v) is 30.9. The van der Waals surface area contributed by atoms with Gasteiger partial charge in [-0.15, -0.1) is 11.3 Å². The molecular formula is C51H31N3OS. The number of nitrogens with zero attached hydrogens (tertiary/aromatic N) is 3. The van der Waals surface area contributed by atoms with Gasteiger partial charge in [-0.2, -0.15) is 0 Å². The minimum absolute atomic E-state index is 0.564. The van der Waals surface area contributed by atoms with Crippen LogP contribution in [0.4, 0.5) is 0 Å². The van der Waals surface area contributed by atoms with Crippen LogP contribution < -0.4 is 0 Å². The molecule has 4 nitrogen and oxygen atoms in total. The third kappa shape index (κ3) is 5.48. The summed E-state index contributed by atoms with van der Waals surface area (Å²) in [4.78, 5) is 15.1. The van der Waals surface area contributed by atoms with E-state index in [1.54, 1.807) is 0 Å². The van der Waals surface area contributed by atoms with Crippen LogP contribution in [0.2, 0.25) is 0 Å². The van der Waals surface area contributed by atoms with Gasteiger partial charge in [0.05, 0.1) is 5.56 Å². The fourth-order valence-electron chi connectivity index (χ4n) is 7.89. The predicted octanol–water partition coefficient (Wildman–Crippen LogP) is 14.1. The summed E-state index contributed by atoms with van der Waals surface area (Å²) < 4.78 is 9.26. The van der Waals surface area contributed by atoms with Crippen LogP contribution in [0.1, 0.15) is 0 Å². The first-order chi connectivity index (χ1) is 27.7. The number of fused-ring (bicyclic) bond motifs is 6. The van der Waals surface area contributed by atoms with Gasteiger partial charge in [-0.3, -0.25) is 0 Å². The lowest BCUT2D eigenvalue weighted by Gasteiger charge is -2.09. The summed E-state index contributed by atoms with van der Waals surface area (Å²) in [6, 6.07) is 65.6. The van der Waals surface area contributed by atoms with Crippen LogP contribution in [0.25, 0.3) is 110 Å². The van der Waals surface area contributed by atoms with E-state index in [0.29, 0.717) is 17.5 Å². The molecule has 0 fully saturated rings. The first kappa shape index (κ1) is 32.2. The Hall–Kier alpha value is -7.21. The lowest BCUT2D eigenvalue weighted by atomic mass is 9.94. The topological polar surface area (TPSA) is 51.8 Å². The van der Waals surface area contributed by atoms with Crippen molar-refractivity contribution >= 4 is 53.4 Å². The van der Waals surface area contributed by atoms with Crippen molar-refractivity contribution in [3.8, 4) is 67.5 Å². The van der Waals surface area contributed by atoms with Gasteiger partial charge in [-0.05, 0) is 63.7 Å². The van der Waals surface area contributed by atoms with Crippen molar-refractivity contribution in [3.05, 3.63) is 188 Å². The summed E-state index contributed by atoms with van der Waals surface area (Å²) in [6.07, 6.45) is 0. The van der Waals surface area contributed by atoms with Crippen molar-refractivity contribution in [2.45, 2.75) is 0 Å². The SMILES string of the molecule is c1ccc(-c2ccc(-c3nc(-c4ccccc4)nc(-c4cccc5c4oc4ccc(-c6cccc7sc8cccc(-c9ccccc9)c8c67)cc45)n3)cc2)cc1. The normalized spacial score (nSPS) is 11.6. The molecule has 0 unspecified atom stereocenters. The average Bonchev–Trinajstić information content (AvgIpc) is 3.86. The van der Waals surface area contributed by atoms with Crippen LogP contribution in [0, 0.1) is 0 Å². The Balaban J connectivity index is 1.06. The van der Waals surface area contributed by atoms with Gasteiger partial charge in [0, 0.05) is 42.1 Å². The van der Waals surface area contributed by atoms with E-state index in [-0.39, 0.29) is 0 Å². The van der Waals surface area contributed by atoms with Crippen molar-refractivity contribution < 1.29 is 4.42 Å². The third-order valence-corrected chi connectivity index (χ3v) is 11.7. The molecule has 3 heterocycles. The molecule has 0 saturated heterocycles. The molecule has 0 aliphatic heterocycles. The zero-order valence-electron chi connectivity index (χ0n) is 30.1. The molecule has 11 rings (SSSR count). The summed E-state index contributed by atoms with van der Waals surface area (Å²) in [5.74, 6) is 1.78. The summed E-state index contributed by atoms with van der Waals surface area (Å²) in [5.41, 5.74) is 11.3. The van der Waals surface area contributed by atoms with Crippen molar-refractivity contribution in [1.82, 2.24) is 15.0 Å². The van der Waals surface area contributed by atoms with Crippen LogP contribution in [0.5, 0.6) is 0 Å². The number of furan rings is 1. The van der Waals surface area contributed by atoms with E-state index in [0.717, 1.165) is 55.3 Å². The van der Waals surface area contributed by atoms with Gasteiger partial charge in [0.25, 0.3) is 0 Å². The van der Waals surface area contributed by atoms with Gasteiger partial charge in [-0.1, -0.05) is 158 Å². The summed E-state index contributed by atoms with van der Waals surface area (Å²) in [5, 5.41) is 4.64. The molecule has 262 valence electrons. The minimum atomic E-state index is 0.564. The molecule has 56 heavy (non-hydrogen) atoms. The van der Waals surface area contributed by atoms with E-state index in [2.05, 4.69) is 146 Å². The number of hydrogen-bond acceptors (Lipinski definition) is 5. The van der Waals surface area contributed by atoms with Crippen molar-refractivity contribution in [2.75, 3.05) is 0 Å². The highest BCUT2D eigenvalue weighted by atomic mass is 32.1. The molecule has 8 aromatic carbocycles. The fourth-order valence-corrected chi connectivity index (χ4v) is 9.05. The molecular weight excluding hydrogens is 703 g/mol. The van der Waals surface area contributed by atoms with Gasteiger partial charge in [0.2, 0.25) is 0 Å². The molecule has 0 saturated carbocycles. The standard InChI is InChI=1S/C51H31N3OS/c1-4-13-32(14-5-1)33-25-27-36(28-26-33)50-52-49(35-17-8-3-9-18-35)53-51(54-50)41-22-10-21-40-42-31-37(29-30-43(42)55-48(40)41)39-20-12-24-45-47(39)46-38(19-11-23-44(46)56-45)34-15-6-2-7-16-34/h1-31H. The van der Waals surface area contributed by atoms with Crippen LogP contribution in [0.3, 0.4) is 0 Å². The Labute approximate surface area is 327 Å². The molecule has 5 heteroatoms. The van der Waals surface area contributed by atoms with Crippen LogP contribution >= 0.6 is 11.3 Å². The Morgan fingerprint density at radius 3 is 1.48 bits per heavy atom. The highest BCUT2D eigenvalue weighted by molar-refractivity contribution is 7.26. The number of benzene rings is 8. The van der Waals surface area contributed by atoms with Crippen molar-refractivity contribution in [3.63, 3.8) is 0 Å². The van der Waals surface area contributed by atoms with E-state index >= 15 is 0 Å². The van der Waals surface area contributed by atoms with Crippen LogP contribution in [0.15, 0.2) is 192 Å². The first-order valence-corrected chi connectivity index (χ1v) is 19.5. The first-order valence-electron chi connectivity index (χ1n) is 18.7. The molecule has 0 aliphatic carbocycles. The van der Waals surface area contributed by atoms with Crippen molar-refractivity contribution in [2.24, 2.45) is 0 Å². The van der Waals surface area contributed by atoms with Gasteiger partial charge < -0.3 is 4.42 Å². The molecule has 0 radical (unpaired) electrons. The average molecular weight is 734 g/mol. The summed E-state index contributed by atoms with van der Waals surface area (Å²) in [6.45, 7) is 0. The van der Waals surface area contributed by atoms with Gasteiger partial charge in [0.15, 0.2) is 17.5 Å². The molecule has 0 spiro atoms. The van der Waals surface area contributed by atoms with E-state index in [1.165, 1.54) is 36.9 Å². The molecule has 0 aliphatic rings. The third-order valence-electron chi connectivity index (χ3n) is 10.6. The fraction of sp³-hybridized carbons (Fsp3) is 0. The smallest absolute Gasteiger partial charge is 0.167 e. The summed E-state index contributed by atoms with van der Waals surface area (Å²) >= 11 is 1.85. The van der Waals surface area contributed by atoms with E-state index in [9.17, 15) is 0 Å². The molecule has 0 bridgehead atoms. The maximum Gasteiger partial charge on any atom is 0.167 e. The lowest BCUT2D eigenvalue weighted by molar-refractivity contribution is 0.669. The number of hydrogen-bond donors (Lipinski definition) is 0. The minimum Gasteiger partial charge on any atom is -0.455 e. The van der Waals surface area contributed by atoms with E-state index in [1.807, 2.05) is 53.8 Å². The van der Waals surface area contributed by atoms with E-state index < -0.39 is 0 Å². The molecule has 11 aromatic rings. The second-order valence-electron chi connectivity index (χ2n) is 13.9. The number of thiophene rings is 1. The highest BCUT2D eigenvalue weighted by Gasteiger charge is 2.20. The van der Waals surface area contributed by atoms with Gasteiger partial charge in [0.1, 0.15) is 11.2 Å². The van der Waals surface area contributed by atoms with Gasteiger partial charge >= 0.3 is 0 Å². The Morgan fingerprint density at radius 1 is 0.339 bits per heavy atom. The zero-order chi connectivity index (χ0) is 37.0. The van der Waals surface area contributed by atoms with Crippen LogP contribution in [-0.4, -0.2) is 15.0 Å². The molecule has 0 amide bonds. The monoisotopic (exact) mass is 733 g/mol. The Bertz CT molecular complexity index is 3230. The number of aromatic nitrogens is 3. The van der Waals surface area contributed by atoms with Gasteiger partial charge in [-0.25, -0.2) is 15.0 Å². The van der Waals surface area contributed by atoms with E-state index in [4.69, 9.17) is 19.4 Å². The largest absolute Gasteiger partial charge is 0.455 e. The lowest BCUT2D eigenvalue weighted by Crippen LogP contribution is -2.00. The molecule has 3 aromatic heterocycles. The predicted molar refractivity (Wildman–Crippen MR) is 233 cm³/mol.